The molecule has 2 aliphatic rings. The standard InChI is InChI=1S/C23H28N2O3S/c1-28-20-9-3-2-7-18(20)19-8-4-14-25(19)22(27)11-13-23(12-10-21(26)24-23)16-17-6-5-15-29-17/h2-3,5-7,9,15,19H,4,8,10-14,16H2,1H3,(H,24,26)/t19-,23-/m1/s1. The molecule has 1 aromatic heterocycles. The number of ether oxygens (including phenoxy) is 1. The molecule has 0 bridgehead atoms. The Hall–Kier alpha value is -2.34. The number of nitrogens with zero attached hydrogens (tertiary/aromatic N) is 1. The molecule has 0 unspecified atom stereocenters. The zero-order valence-electron chi connectivity index (χ0n) is 16.9. The summed E-state index contributed by atoms with van der Waals surface area (Å²) in [5.41, 5.74) is 0.792. The van der Waals surface area contributed by atoms with E-state index in [1.165, 1.54) is 4.88 Å². The second-order valence-electron chi connectivity index (χ2n) is 8.07. The normalized spacial score (nSPS) is 24.0. The lowest BCUT2D eigenvalue weighted by Gasteiger charge is -2.31. The lowest BCUT2D eigenvalue weighted by Crippen LogP contribution is -2.44. The minimum atomic E-state index is -0.294. The van der Waals surface area contributed by atoms with Crippen molar-refractivity contribution >= 4 is 23.2 Å². The van der Waals surface area contributed by atoms with E-state index in [4.69, 9.17) is 4.74 Å². The second kappa shape index (κ2) is 8.57. The van der Waals surface area contributed by atoms with Gasteiger partial charge in [0.2, 0.25) is 11.8 Å². The maximum Gasteiger partial charge on any atom is 0.223 e. The Morgan fingerprint density at radius 3 is 2.90 bits per heavy atom. The van der Waals surface area contributed by atoms with E-state index in [9.17, 15) is 9.59 Å². The molecule has 6 heteroatoms. The van der Waals surface area contributed by atoms with Crippen molar-refractivity contribution in [2.75, 3.05) is 13.7 Å². The van der Waals surface area contributed by atoms with Crippen molar-refractivity contribution in [3.8, 4) is 5.75 Å². The summed E-state index contributed by atoms with van der Waals surface area (Å²) >= 11 is 1.71. The molecule has 0 aliphatic carbocycles. The Labute approximate surface area is 176 Å². The summed E-state index contributed by atoms with van der Waals surface area (Å²) < 4.78 is 5.53. The van der Waals surface area contributed by atoms with Gasteiger partial charge in [-0.05, 0) is 43.2 Å². The Morgan fingerprint density at radius 1 is 1.31 bits per heavy atom. The SMILES string of the molecule is COc1ccccc1[C@H]1CCCN1C(=O)CC[C@@]1(Cc2cccs2)CCC(=O)N1. The number of hydrogen-bond acceptors (Lipinski definition) is 4. The number of rotatable bonds is 7. The van der Waals surface area contributed by atoms with Crippen molar-refractivity contribution in [3.05, 3.63) is 52.2 Å². The fourth-order valence-electron chi connectivity index (χ4n) is 4.75. The van der Waals surface area contributed by atoms with Gasteiger partial charge in [-0.2, -0.15) is 0 Å². The van der Waals surface area contributed by atoms with Gasteiger partial charge in [-0.15, -0.1) is 11.3 Å². The van der Waals surface area contributed by atoms with E-state index in [1.807, 2.05) is 29.2 Å². The van der Waals surface area contributed by atoms with Crippen LogP contribution in [-0.4, -0.2) is 35.9 Å². The van der Waals surface area contributed by atoms with Crippen LogP contribution in [0.2, 0.25) is 0 Å². The summed E-state index contributed by atoms with van der Waals surface area (Å²) in [7, 11) is 1.68. The van der Waals surface area contributed by atoms with Crippen LogP contribution in [0.1, 0.15) is 55.0 Å². The van der Waals surface area contributed by atoms with Crippen LogP contribution < -0.4 is 10.1 Å². The van der Waals surface area contributed by atoms with Crippen LogP contribution in [0.3, 0.4) is 0 Å². The Morgan fingerprint density at radius 2 is 2.17 bits per heavy atom. The van der Waals surface area contributed by atoms with Gasteiger partial charge in [0.25, 0.3) is 0 Å². The number of para-hydroxylation sites is 1. The molecule has 1 N–H and O–H groups in total. The van der Waals surface area contributed by atoms with Crippen molar-refractivity contribution in [1.82, 2.24) is 10.2 Å². The van der Waals surface area contributed by atoms with Gasteiger partial charge < -0.3 is 15.0 Å². The number of likely N-dealkylation sites (tertiary alicyclic amines) is 1. The zero-order chi connectivity index (χ0) is 20.3. The highest BCUT2D eigenvalue weighted by atomic mass is 32.1. The molecule has 2 fully saturated rings. The van der Waals surface area contributed by atoms with E-state index in [-0.39, 0.29) is 23.4 Å². The van der Waals surface area contributed by atoms with Gasteiger partial charge in [0.1, 0.15) is 5.75 Å². The number of methoxy groups -OCH3 is 1. The number of amides is 2. The van der Waals surface area contributed by atoms with Crippen LogP contribution in [0.5, 0.6) is 5.75 Å². The number of nitrogens with one attached hydrogen (secondary N) is 1. The van der Waals surface area contributed by atoms with E-state index in [1.54, 1.807) is 18.4 Å². The van der Waals surface area contributed by atoms with Crippen molar-refractivity contribution in [2.45, 2.75) is 56.5 Å². The first-order chi connectivity index (χ1) is 14.1. The first kappa shape index (κ1) is 20.0. The second-order valence-corrected chi connectivity index (χ2v) is 9.10. The average molecular weight is 413 g/mol. The molecule has 2 aliphatic heterocycles. The molecule has 2 saturated heterocycles. The van der Waals surface area contributed by atoms with E-state index in [0.717, 1.165) is 43.5 Å². The third kappa shape index (κ3) is 4.32. The summed E-state index contributed by atoms with van der Waals surface area (Å²) in [6.45, 7) is 0.784. The monoisotopic (exact) mass is 412 g/mol. The van der Waals surface area contributed by atoms with Gasteiger partial charge in [0.15, 0.2) is 0 Å². The highest BCUT2D eigenvalue weighted by Gasteiger charge is 2.39. The van der Waals surface area contributed by atoms with Gasteiger partial charge >= 0.3 is 0 Å². The predicted octanol–water partition coefficient (Wildman–Crippen LogP) is 4.09. The molecule has 0 saturated carbocycles. The third-order valence-corrected chi connectivity index (χ3v) is 7.09. The molecule has 154 valence electrons. The van der Waals surface area contributed by atoms with Crippen molar-refractivity contribution in [3.63, 3.8) is 0 Å². The van der Waals surface area contributed by atoms with Gasteiger partial charge in [-0.3, -0.25) is 9.59 Å². The lowest BCUT2D eigenvalue weighted by atomic mass is 9.87. The first-order valence-corrected chi connectivity index (χ1v) is 11.2. The maximum atomic E-state index is 13.2. The Bertz CT molecular complexity index is 867. The summed E-state index contributed by atoms with van der Waals surface area (Å²) in [6.07, 6.45) is 5.26. The largest absolute Gasteiger partial charge is 0.496 e. The van der Waals surface area contributed by atoms with Gasteiger partial charge in [0, 0.05) is 41.8 Å². The molecule has 0 radical (unpaired) electrons. The van der Waals surface area contributed by atoms with Crippen LogP contribution in [0.15, 0.2) is 41.8 Å². The van der Waals surface area contributed by atoms with Crippen LogP contribution in [0.25, 0.3) is 0 Å². The summed E-state index contributed by atoms with van der Waals surface area (Å²) in [4.78, 5) is 28.4. The molecule has 2 atom stereocenters. The van der Waals surface area contributed by atoms with E-state index >= 15 is 0 Å². The van der Waals surface area contributed by atoms with E-state index in [2.05, 4.69) is 22.8 Å². The smallest absolute Gasteiger partial charge is 0.223 e. The van der Waals surface area contributed by atoms with Gasteiger partial charge in [0.05, 0.1) is 13.2 Å². The predicted molar refractivity (Wildman–Crippen MR) is 114 cm³/mol. The topological polar surface area (TPSA) is 58.6 Å². The molecular formula is C23H28N2O3S. The van der Waals surface area contributed by atoms with Crippen LogP contribution in [-0.2, 0) is 16.0 Å². The number of benzene rings is 1. The van der Waals surface area contributed by atoms with Crippen molar-refractivity contribution in [2.24, 2.45) is 0 Å². The fraction of sp³-hybridized carbons (Fsp3) is 0.478. The van der Waals surface area contributed by atoms with E-state index in [0.29, 0.717) is 19.3 Å². The molecule has 29 heavy (non-hydrogen) atoms. The van der Waals surface area contributed by atoms with Crippen molar-refractivity contribution in [1.29, 1.82) is 0 Å². The summed E-state index contributed by atoms with van der Waals surface area (Å²) in [5.74, 6) is 1.11. The summed E-state index contributed by atoms with van der Waals surface area (Å²) in [5, 5.41) is 5.25. The van der Waals surface area contributed by atoms with Gasteiger partial charge in [-0.25, -0.2) is 0 Å². The molecular weight excluding hydrogens is 384 g/mol. The quantitative estimate of drug-likeness (QED) is 0.745. The molecule has 5 nitrogen and oxygen atoms in total. The maximum absolute atomic E-state index is 13.2. The Kier molecular flexibility index (Phi) is 5.90. The van der Waals surface area contributed by atoms with Gasteiger partial charge in [-0.1, -0.05) is 24.3 Å². The molecule has 1 aromatic carbocycles. The van der Waals surface area contributed by atoms with Crippen LogP contribution >= 0.6 is 11.3 Å². The first-order valence-electron chi connectivity index (χ1n) is 10.4. The highest BCUT2D eigenvalue weighted by Crippen LogP contribution is 2.38. The Balaban J connectivity index is 1.45. The molecule has 3 heterocycles. The van der Waals surface area contributed by atoms with Crippen LogP contribution in [0.4, 0.5) is 0 Å². The minimum Gasteiger partial charge on any atom is -0.496 e. The molecule has 2 aromatic rings. The van der Waals surface area contributed by atoms with Crippen LogP contribution in [0, 0.1) is 0 Å². The third-order valence-electron chi connectivity index (χ3n) is 6.22. The average Bonchev–Trinajstić information content (AvgIpc) is 3.48. The summed E-state index contributed by atoms with van der Waals surface area (Å²) in [6, 6.07) is 12.2. The highest BCUT2D eigenvalue weighted by molar-refractivity contribution is 7.09. The minimum absolute atomic E-state index is 0.0741. The molecule has 0 spiro atoms. The number of carbonyl (C=O) groups excluding carboxylic acids is 2. The van der Waals surface area contributed by atoms with Crippen molar-refractivity contribution < 1.29 is 14.3 Å². The number of hydrogen-bond donors (Lipinski definition) is 1. The van der Waals surface area contributed by atoms with E-state index < -0.39 is 0 Å². The lowest BCUT2D eigenvalue weighted by molar-refractivity contribution is -0.132. The number of carbonyl (C=O) groups is 2. The number of thiophene rings is 1. The molecule has 4 rings (SSSR count). The molecule has 2 amide bonds. The fourth-order valence-corrected chi connectivity index (χ4v) is 5.60. The zero-order valence-corrected chi connectivity index (χ0v) is 17.7.